The summed E-state index contributed by atoms with van der Waals surface area (Å²) >= 11 is 0. The largest absolute Gasteiger partial charge is 0.330 e. The predicted octanol–water partition coefficient (Wildman–Crippen LogP) is 2.00. The van der Waals surface area contributed by atoms with Crippen molar-refractivity contribution in [3.63, 3.8) is 0 Å². The second-order valence-electron chi connectivity index (χ2n) is 2.95. The second kappa shape index (κ2) is 9.01. The van der Waals surface area contributed by atoms with E-state index in [0.29, 0.717) is 5.41 Å². The zero-order valence-electron chi connectivity index (χ0n) is 9.41. The third kappa shape index (κ3) is 5.56. The van der Waals surface area contributed by atoms with E-state index in [2.05, 4.69) is 12.2 Å². The van der Waals surface area contributed by atoms with E-state index >= 15 is 0 Å². The first-order valence-electron chi connectivity index (χ1n) is 5.18. The van der Waals surface area contributed by atoms with Gasteiger partial charge in [0.1, 0.15) is 0 Å². The highest BCUT2D eigenvalue weighted by Gasteiger charge is 2.29. The molecule has 12 heavy (non-hydrogen) atoms. The number of rotatable bonds is 2. The molecule has 0 unspecified atom stereocenters. The fourth-order valence-corrected chi connectivity index (χ4v) is 1.08. The average Bonchev–Trinajstić information content (AvgIpc) is 2.10. The molecule has 0 aromatic rings. The van der Waals surface area contributed by atoms with Crippen LogP contribution in [-0.4, -0.2) is 19.6 Å². The molecule has 2 nitrogen and oxygen atoms in total. The monoisotopic (exact) mass is 174 g/mol. The molecule has 1 saturated heterocycles. The molecule has 76 valence electrons. The van der Waals surface area contributed by atoms with Crippen molar-refractivity contribution >= 4 is 0 Å². The van der Waals surface area contributed by atoms with Gasteiger partial charge in [0.2, 0.25) is 0 Å². The van der Waals surface area contributed by atoms with Crippen LogP contribution in [0.5, 0.6) is 0 Å². The third-order valence-electron chi connectivity index (χ3n) is 1.85. The zero-order chi connectivity index (χ0) is 10.0. The van der Waals surface area contributed by atoms with Crippen molar-refractivity contribution in [1.29, 1.82) is 0 Å². The minimum atomic E-state index is 0.536. The topological polar surface area (TPSA) is 38.0 Å². The summed E-state index contributed by atoms with van der Waals surface area (Å²) in [5.74, 6) is 0. The maximum absolute atomic E-state index is 5.40. The Hall–Kier alpha value is -0.0800. The molecule has 1 aliphatic heterocycles. The summed E-state index contributed by atoms with van der Waals surface area (Å²) in [6, 6.07) is 0. The first kappa shape index (κ1) is 14.4. The fraction of sp³-hybridized carbons (Fsp3) is 1.00. The predicted molar refractivity (Wildman–Crippen MR) is 57.3 cm³/mol. The number of nitrogens with one attached hydrogen (secondary N) is 1. The fourth-order valence-electron chi connectivity index (χ4n) is 1.08. The summed E-state index contributed by atoms with van der Waals surface area (Å²) in [7, 11) is 0. The van der Waals surface area contributed by atoms with E-state index < -0.39 is 0 Å². The van der Waals surface area contributed by atoms with Crippen LogP contribution in [0.1, 0.15) is 41.0 Å². The summed E-state index contributed by atoms with van der Waals surface area (Å²) in [6.07, 6.45) is 1.17. The highest BCUT2D eigenvalue weighted by molar-refractivity contribution is 4.87. The molecule has 0 aromatic carbocycles. The molecule has 0 atom stereocenters. The first-order chi connectivity index (χ1) is 5.77. The molecular weight excluding hydrogens is 148 g/mol. The smallest absolute Gasteiger partial charge is 0.00180 e. The summed E-state index contributed by atoms with van der Waals surface area (Å²) in [5.41, 5.74) is 5.93. The minimum absolute atomic E-state index is 0.536. The van der Waals surface area contributed by atoms with Gasteiger partial charge in [0.05, 0.1) is 0 Å². The summed E-state index contributed by atoms with van der Waals surface area (Å²) in [6.45, 7) is 13.4. The van der Waals surface area contributed by atoms with Crippen molar-refractivity contribution in [2.45, 2.75) is 41.0 Å². The molecule has 0 bridgehead atoms. The SMILES string of the molecule is CC.CC.CC1(CCN)CNC1. The lowest BCUT2D eigenvalue weighted by molar-refractivity contribution is 0.184. The highest BCUT2D eigenvalue weighted by Crippen LogP contribution is 2.24. The Kier molecular flexibility index (Phi) is 10.8. The Bertz CT molecular complexity index is 77.9. The van der Waals surface area contributed by atoms with Gasteiger partial charge in [-0.25, -0.2) is 0 Å². The van der Waals surface area contributed by atoms with E-state index in [-0.39, 0.29) is 0 Å². The van der Waals surface area contributed by atoms with Crippen LogP contribution < -0.4 is 11.1 Å². The molecule has 3 N–H and O–H groups in total. The average molecular weight is 174 g/mol. The minimum Gasteiger partial charge on any atom is -0.330 e. The van der Waals surface area contributed by atoms with Crippen molar-refractivity contribution in [1.82, 2.24) is 5.32 Å². The van der Waals surface area contributed by atoms with Crippen LogP contribution in [-0.2, 0) is 0 Å². The zero-order valence-corrected chi connectivity index (χ0v) is 9.41. The third-order valence-corrected chi connectivity index (χ3v) is 1.85. The van der Waals surface area contributed by atoms with Gasteiger partial charge < -0.3 is 11.1 Å². The van der Waals surface area contributed by atoms with E-state index in [9.17, 15) is 0 Å². The van der Waals surface area contributed by atoms with Gasteiger partial charge in [-0.1, -0.05) is 34.6 Å². The maximum Gasteiger partial charge on any atom is 0.00180 e. The van der Waals surface area contributed by atoms with Crippen LogP contribution in [0.15, 0.2) is 0 Å². The Balaban J connectivity index is 0. The molecule has 0 aromatic heterocycles. The van der Waals surface area contributed by atoms with Gasteiger partial charge in [0.25, 0.3) is 0 Å². The maximum atomic E-state index is 5.40. The van der Waals surface area contributed by atoms with E-state index in [0.717, 1.165) is 19.6 Å². The molecule has 0 radical (unpaired) electrons. The van der Waals surface area contributed by atoms with Gasteiger partial charge in [-0.15, -0.1) is 0 Å². The lowest BCUT2D eigenvalue weighted by atomic mass is 9.81. The molecule has 0 amide bonds. The van der Waals surface area contributed by atoms with Gasteiger partial charge >= 0.3 is 0 Å². The molecule has 0 aliphatic carbocycles. The molecule has 1 aliphatic rings. The quantitative estimate of drug-likeness (QED) is 0.672. The number of hydrogen-bond donors (Lipinski definition) is 2. The molecule has 2 heteroatoms. The molecule has 0 spiro atoms. The summed E-state index contributed by atoms with van der Waals surface area (Å²) in [4.78, 5) is 0. The van der Waals surface area contributed by atoms with Crippen molar-refractivity contribution in [2.75, 3.05) is 19.6 Å². The van der Waals surface area contributed by atoms with Crippen molar-refractivity contribution in [2.24, 2.45) is 11.1 Å². The Labute approximate surface area is 77.9 Å². The number of nitrogens with two attached hydrogens (primary N) is 1. The van der Waals surface area contributed by atoms with E-state index in [4.69, 9.17) is 5.73 Å². The normalized spacial score (nSPS) is 17.5. The second-order valence-corrected chi connectivity index (χ2v) is 2.95. The lowest BCUT2D eigenvalue weighted by Crippen LogP contribution is -2.52. The van der Waals surface area contributed by atoms with Crippen LogP contribution in [0.3, 0.4) is 0 Å². The molecule has 1 rings (SSSR count). The van der Waals surface area contributed by atoms with Gasteiger partial charge in [0.15, 0.2) is 0 Å². The van der Waals surface area contributed by atoms with E-state index in [1.807, 2.05) is 27.7 Å². The van der Waals surface area contributed by atoms with Crippen LogP contribution in [0.25, 0.3) is 0 Å². The highest BCUT2D eigenvalue weighted by atomic mass is 15.0. The van der Waals surface area contributed by atoms with Crippen molar-refractivity contribution in [3.05, 3.63) is 0 Å². The van der Waals surface area contributed by atoms with E-state index in [1.165, 1.54) is 6.42 Å². The molecule has 0 saturated carbocycles. The summed E-state index contributed by atoms with van der Waals surface area (Å²) in [5, 5.41) is 3.23. The first-order valence-corrected chi connectivity index (χ1v) is 5.18. The van der Waals surface area contributed by atoms with Crippen LogP contribution in [0.2, 0.25) is 0 Å². The van der Waals surface area contributed by atoms with Crippen LogP contribution in [0.4, 0.5) is 0 Å². The summed E-state index contributed by atoms with van der Waals surface area (Å²) < 4.78 is 0. The number of hydrogen-bond acceptors (Lipinski definition) is 2. The van der Waals surface area contributed by atoms with E-state index in [1.54, 1.807) is 0 Å². The van der Waals surface area contributed by atoms with Crippen molar-refractivity contribution in [3.8, 4) is 0 Å². The molecular formula is C10H26N2. The van der Waals surface area contributed by atoms with Crippen LogP contribution >= 0.6 is 0 Å². The van der Waals surface area contributed by atoms with Gasteiger partial charge in [-0.2, -0.15) is 0 Å². The Morgan fingerprint density at radius 1 is 1.17 bits per heavy atom. The lowest BCUT2D eigenvalue weighted by Gasteiger charge is -2.39. The standard InChI is InChI=1S/C6H14N2.2C2H6/c1-6(2-3-7)4-8-5-6;2*1-2/h8H,2-5,7H2,1H3;2*1-2H3. The molecule has 1 fully saturated rings. The van der Waals surface area contributed by atoms with Gasteiger partial charge in [-0.05, 0) is 18.4 Å². The Morgan fingerprint density at radius 2 is 1.58 bits per heavy atom. The molecule has 1 heterocycles. The van der Waals surface area contributed by atoms with Crippen molar-refractivity contribution < 1.29 is 0 Å². The van der Waals surface area contributed by atoms with Gasteiger partial charge in [-0.3, -0.25) is 0 Å². The van der Waals surface area contributed by atoms with Crippen LogP contribution in [0, 0.1) is 5.41 Å². The Morgan fingerprint density at radius 3 is 1.67 bits per heavy atom. The van der Waals surface area contributed by atoms with Gasteiger partial charge in [0, 0.05) is 13.1 Å².